The number of hydrogen-bond donors (Lipinski definition) is 2. The fraction of sp³-hybridized carbons (Fsp3) is 0.350. The molecule has 0 bridgehead atoms. The number of carbonyl (C=O) groups is 1. The summed E-state index contributed by atoms with van der Waals surface area (Å²) in [6, 6.07) is 12.9. The fourth-order valence-electron chi connectivity index (χ4n) is 3.20. The van der Waals surface area contributed by atoms with Gasteiger partial charge in [0.2, 0.25) is 0 Å². The van der Waals surface area contributed by atoms with Crippen molar-refractivity contribution in [1.29, 1.82) is 0 Å². The number of anilines is 3. The molecule has 1 fully saturated rings. The van der Waals surface area contributed by atoms with E-state index in [0.29, 0.717) is 17.0 Å². The Bertz CT molecular complexity index is 752. The minimum Gasteiger partial charge on any atom is -0.496 e. The highest BCUT2D eigenvalue weighted by Gasteiger charge is 2.20. The van der Waals surface area contributed by atoms with Gasteiger partial charge in [0.1, 0.15) is 5.75 Å². The Morgan fingerprint density at radius 2 is 1.92 bits per heavy atom. The lowest BCUT2D eigenvalue weighted by Crippen LogP contribution is -2.33. The molecule has 25 heavy (non-hydrogen) atoms. The van der Waals surface area contributed by atoms with Crippen LogP contribution in [0.4, 0.5) is 17.1 Å². The van der Waals surface area contributed by atoms with Crippen LogP contribution in [0.15, 0.2) is 42.5 Å². The van der Waals surface area contributed by atoms with Crippen LogP contribution in [-0.2, 0) is 0 Å². The highest BCUT2D eigenvalue weighted by atomic mass is 16.5. The summed E-state index contributed by atoms with van der Waals surface area (Å²) >= 11 is 0. The van der Waals surface area contributed by atoms with Gasteiger partial charge >= 0.3 is 0 Å². The Hall–Kier alpha value is -2.69. The normalized spacial score (nSPS) is 15.0. The zero-order valence-electron chi connectivity index (χ0n) is 14.8. The monoisotopic (exact) mass is 339 g/mol. The van der Waals surface area contributed by atoms with Gasteiger partial charge in [-0.1, -0.05) is 19.1 Å². The molecule has 5 nitrogen and oxygen atoms in total. The van der Waals surface area contributed by atoms with Crippen LogP contribution >= 0.6 is 0 Å². The number of nitrogens with zero attached hydrogens (tertiary/aromatic N) is 1. The van der Waals surface area contributed by atoms with Crippen LogP contribution in [0.3, 0.4) is 0 Å². The lowest BCUT2D eigenvalue weighted by atomic mass is 9.98. The minimum atomic E-state index is -0.199. The molecule has 1 aliphatic rings. The van der Waals surface area contributed by atoms with E-state index < -0.39 is 0 Å². The Balaban J connectivity index is 1.86. The van der Waals surface area contributed by atoms with Gasteiger partial charge in [0, 0.05) is 18.8 Å². The van der Waals surface area contributed by atoms with Crippen LogP contribution in [-0.4, -0.2) is 26.1 Å². The summed E-state index contributed by atoms with van der Waals surface area (Å²) in [7, 11) is 1.56. The molecule has 2 aromatic rings. The summed E-state index contributed by atoms with van der Waals surface area (Å²) in [5.41, 5.74) is 8.85. The highest BCUT2D eigenvalue weighted by Crippen LogP contribution is 2.32. The number of methoxy groups -OCH3 is 1. The lowest BCUT2D eigenvalue weighted by molar-refractivity contribution is 0.102. The molecule has 0 unspecified atom stereocenters. The molecule has 0 saturated carbocycles. The number of nitrogen functional groups attached to an aromatic ring is 1. The van der Waals surface area contributed by atoms with Crippen molar-refractivity contribution in [3.8, 4) is 5.75 Å². The second kappa shape index (κ2) is 7.47. The maximum atomic E-state index is 12.7. The molecule has 1 heterocycles. The molecule has 0 atom stereocenters. The van der Waals surface area contributed by atoms with Crippen LogP contribution in [0.2, 0.25) is 0 Å². The number of amides is 1. The highest BCUT2D eigenvalue weighted by molar-refractivity contribution is 6.08. The molecule has 0 radical (unpaired) electrons. The van der Waals surface area contributed by atoms with Gasteiger partial charge < -0.3 is 20.7 Å². The second-order valence-corrected chi connectivity index (χ2v) is 6.60. The van der Waals surface area contributed by atoms with Crippen molar-refractivity contribution in [2.24, 2.45) is 5.92 Å². The van der Waals surface area contributed by atoms with Gasteiger partial charge in [0.05, 0.1) is 24.0 Å². The van der Waals surface area contributed by atoms with E-state index in [1.807, 2.05) is 30.3 Å². The third kappa shape index (κ3) is 3.87. The first-order valence-corrected chi connectivity index (χ1v) is 8.67. The zero-order chi connectivity index (χ0) is 17.8. The molecule has 5 heteroatoms. The maximum Gasteiger partial charge on any atom is 0.259 e. The van der Waals surface area contributed by atoms with Crippen LogP contribution in [0.1, 0.15) is 30.1 Å². The van der Waals surface area contributed by atoms with Crippen molar-refractivity contribution in [3.63, 3.8) is 0 Å². The molecule has 1 amide bonds. The number of para-hydroxylation sites is 1. The van der Waals surface area contributed by atoms with E-state index in [1.165, 1.54) is 0 Å². The largest absolute Gasteiger partial charge is 0.496 e. The van der Waals surface area contributed by atoms with E-state index in [9.17, 15) is 4.79 Å². The number of piperidine rings is 1. The van der Waals surface area contributed by atoms with E-state index in [2.05, 4.69) is 17.1 Å². The van der Waals surface area contributed by atoms with Crippen molar-refractivity contribution in [3.05, 3.63) is 48.0 Å². The van der Waals surface area contributed by atoms with E-state index in [0.717, 1.165) is 43.2 Å². The number of benzene rings is 2. The Morgan fingerprint density at radius 1 is 1.20 bits per heavy atom. The predicted molar refractivity (Wildman–Crippen MR) is 102 cm³/mol. The van der Waals surface area contributed by atoms with E-state index in [1.54, 1.807) is 19.2 Å². The second-order valence-electron chi connectivity index (χ2n) is 6.60. The molecule has 0 aliphatic carbocycles. The van der Waals surface area contributed by atoms with Crippen LogP contribution in [0.25, 0.3) is 0 Å². The summed E-state index contributed by atoms with van der Waals surface area (Å²) < 4.78 is 5.29. The van der Waals surface area contributed by atoms with Crippen molar-refractivity contribution in [1.82, 2.24) is 0 Å². The number of ether oxygens (including phenoxy) is 1. The first-order valence-electron chi connectivity index (χ1n) is 8.67. The standard InChI is InChI=1S/C20H25N3O2/c1-14-9-11-23(12-10-14)18-8-7-15(21)13-17(18)22-20(24)16-5-3-4-6-19(16)25-2/h3-8,13-14H,9-12,21H2,1-2H3,(H,22,24). The van der Waals surface area contributed by atoms with Gasteiger partial charge in [-0.2, -0.15) is 0 Å². The Kier molecular flexibility index (Phi) is 5.12. The molecule has 3 rings (SSSR count). The van der Waals surface area contributed by atoms with Crippen LogP contribution < -0.4 is 20.7 Å². The van der Waals surface area contributed by atoms with Gasteiger partial charge in [-0.3, -0.25) is 4.79 Å². The SMILES string of the molecule is COc1ccccc1C(=O)Nc1cc(N)ccc1N1CCC(C)CC1. The first-order chi connectivity index (χ1) is 12.1. The van der Waals surface area contributed by atoms with E-state index in [-0.39, 0.29) is 5.91 Å². The molecule has 0 spiro atoms. The molecular weight excluding hydrogens is 314 g/mol. The summed E-state index contributed by atoms with van der Waals surface area (Å²) in [6.07, 6.45) is 2.31. The quantitative estimate of drug-likeness (QED) is 0.832. The van der Waals surface area contributed by atoms with Crippen molar-refractivity contribution in [2.75, 3.05) is 36.1 Å². The number of nitrogens with two attached hydrogens (primary N) is 1. The average molecular weight is 339 g/mol. The predicted octanol–water partition coefficient (Wildman–Crippen LogP) is 3.77. The molecular formula is C20H25N3O2. The molecule has 1 aliphatic heterocycles. The minimum absolute atomic E-state index is 0.199. The van der Waals surface area contributed by atoms with Crippen LogP contribution in [0.5, 0.6) is 5.75 Å². The molecule has 0 aromatic heterocycles. The summed E-state index contributed by atoms with van der Waals surface area (Å²) in [6.45, 7) is 4.26. The Labute approximate surface area is 148 Å². The Morgan fingerprint density at radius 3 is 2.64 bits per heavy atom. The van der Waals surface area contributed by atoms with Gasteiger partial charge in [0.25, 0.3) is 5.91 Å². The van der Waals surface area contributed by atoms with E-state index in [4.69, 9.17) is 10.5 Å². The van der Waals surface area contributed by atoms with Gasteiger partial charge in [-0.05, 0) is 49.1 Å². The zero-order valence-corrected chi connectivity index (χ0v) is 14.8. The summed E-state index contributed by atoms with van der Waals surface area (Å²) in [5, 5.41) is 3.01. The van der Waals surface area contributed by atoms with Crippen molar-refractivity contribution >= 4 is 23.0 Å². The summed E-state index contributed by atoms with van der Waals surface area (Å²) in [4.78, 5) is 15.1. The number of hydrogen-bond acceptors (Lipinski definition) is 4. The van der Waals surface area contributed by atoms with Gasteiger partial charge in [-0.15, -0.1) is 0 Å². The molecule has 132 valence electrons. The first kappa shape index (κ1) is 17.1. The third-order valence-corrected chi connectivity index (χ3v) is 4.74. The van der Waals surface area contributed by atoms with Crippen molar-refractivity contribution in [2.45, 2.75) is 19.8 Å². The molecule has 2 aromatic carbocycles. The van der Waals surface area contributed by atoms with Gasteiger partial charge in [-0.25, -0.2) is 0 Å². The molecule has 1 saturated heterocycles. The molecule has 3 N–H and O–H groups in total. The topological polar surface area (TPSA) is 67.6 Å². The summed E-state index contributed by atoms with van der Waals surface area (Å²) in [5.74, 6) is 1.10. The smallest absolute Gasteiger partial charge is 0.259 e. The van der Waals surface area contributed by atoms with Gasteiger partial charge in [0.15, 0.2) is 0 Å². The van der Waals surface area contributed by atoms with E-state index >= 15 is 0 Å². The average Bonchev–Trinajstić information content (AvgIpc) is 2.63. The number of nitrogens with one attached hydrogen (secondary N) is 1. The fourth-order valence-corrected chi connectivity index (χ4v) is 3.20. The lowest BCUT2D eigenvalue weighted by Gasteiger charge is -2.33. The van der Waals surface area contributed by atoms with Crippen LogP contribution in [0, 0.1) is 5.92 Å². The third-order valence-electron chi connectivity index (χ3n) is 4.74. The van der Waals surface area contributed by atoms with Crippen molar-refractivity contribution < 1.29 is 9.53 Å². The number of carbonyl (C=O) groups excluding carboxylic acids is 1. The number of rotatable bonds is 4. The maximum absolute atomic E-state index is 12.7.